The van der Waals surface area contributed by atoms with E-state index in [9.17, 15) is 30.0 Å². The fourth-order valence-electron chi connectivity index (χ4n) is 3.82. The summed E-state index contributed by atoms with van der Waals surface area (Å²) in [6.07, 6.45) is -3.80. The Morgan fingerprint density at radius 2 is 1.50 bits per heavy atom. The quantitative estimate of drug-likeness (QED) is 0.256. The van der Waals surface area contributed by atoms with Crippen LogP contribution in [0.5, 0.6) is 0 Å². The second-order valence-electron chi connectivity index (χ2n) is 8.47. The van der Waals surface area contributed by atoms with Crippen LogP contribution >= 0.6 is 11.3 Å². The number of thiophene rings is 1. The Morgan fingerprint density at radius 3 is 2.18 bits per heavy atom. The third-order valence-corrected chi connectivity index (χ3v) is 9.03. The first-order chi connectivity index (χ1) is 17.8. The zero-order valence-electron chi connectivity index (χ0n) is 20.0. The number of halogens is 3. The van der Waals surface area contributed by atoms with Gasteiger partial charge in [-0.2, -0.15) is 17.5 Å². The fourth-order valence-corrected chi connectivity index (χ4v) is 7.09. The van der Waals surface area contributed by atoms with Gasteiger partial charge in [0.25, 0.3) is 0 Å². The molecule has 0 radical (unpaired) electrons. The molecule has 6 nitrogen and oxygen atoms in total. The predicted molar refractivity (Wildman–Crippen MR) is 143 cm³/mol. The van der Waals surface area contributed by atoms with Crippen LogP contribution < -0.4 is 4.72 Å². The molecule has 0 amide bonds. The van der Waals surface area contributed by atoms with Crippen molar-refractivity contribution in [2.24, 2.45) is 0 Å². The van der Waals surface area contributed by atoms with Gasteiger partial charge in [-0.3, -0.25) is 4.72 Å². The molecule has 1 aromatic heterocycles. The molecule has 0 spiro atoms. The topological polar surface area (TPSA) is 83.6 Å². The zero-order chi connectivity index (χ0) is 27.6. The van der Waals surface area contributed by atoms with Crippen LogP contribution in [-0.2, 0) is 39.3 Å². The number of nitrogens with zero attached hydrogens (tertiary/aromatic N) is 1. The average molecular weight is 581 g/mol. The predicted octanol–water partition coefficient (Wildman–Crippen LogP) is 6.20. The van der Waals surface area contributed by atoms with Crippen LogP contribution in [0.1, 0.15) is 16.0 Å². The molecule has 12 heteroatoms. The van der Waals surface area contributed by atoms with Crippen LogP contribution in [0.25, 0.3) is 10.4 Å². The third kappa shape index (κ3) is 6.81. The van der Waals surface area contributed by atoms with Crippen LogP contribution in [0.3, 0.4) is 0 Å². The van der Waals surface area contributed by atoms with Crippen LogP contribution in [0.2, 0.25) is 0 Å². The molecule has 38 heavy (non-hydrogen) atoms. The minimum atomic E-state index is -4.84. The highest BCUT2D eigenvalue weighted by atomic mass is 32.2. The van der Waals surface area contributed by atoms with E-state index in [1.54, 1.807) is 66.7 Å². The number of hydrogen-bond acceptors (Lipinski definition) is 5. The number of anilines is 1. The molecule has 1 heterocycles. The van der Waals surface area contributed by atoms with Crippen molar-refractivity contribution in [2.75, 3.05) is 11.0 Å². The minimum absolute atomic E-state index is 0.129. The molecular formula is C26H23F3N2O4S3. The molecule has 3 aromatic carbocycles. The maximum atomic E-state index is 13.7. The molecule has 0 aliphatic rings. The van der Waals surface area contributed by atoms with Crippen LogP contribution in [0.15, 0.2) is 95.9 Å². The molecule has 0 aliphatic heterocycles. The largest absolute Gasteiger partial charge is 0.417 e. The summed E-state index contributed by atoms with van der Waals surface area (Å²) in [7, 11) is -8.02. The molecule has 4 aromatic rings. The molecule has 0 aliphatic carbocycles. The Labute approximate surface area is 223 Å². The van der Waals surface area contributed by atoms with Crippen LogP contribution in [0, 0.1) is 0 Å². The molecule has 4 rings (SSSR count). The number of nitrogens with one attached hydrogen (secondary N) is 1. The molecule has 1 N–H and O–H groups in total. The smallest absolute Gasteiger partial charge is 0.284 e. The van der Waals surface area contributed by atoms with Crippen molar-refractivity contribution in [2.45, 2.75) is 24.2 Å². The lowest BCUT2D eigenvalue weighted by Crippen LogP contribution is -2.31. The fraction of sp³-hybridized carbons (Fsp3) is 0.154. The van der Waals surface area contributed by atoms with Crippen LogP contribution in [0.4, 0.5) is 18.9 Å². The molecule has 0 saturated heterocycles. The second-order valence-corrected chi connectivity index (χ2v) is 13.3. The van der Waals surface area contributed by atoms with Gasteiger partial charge in [-0.25, -0.2) is 16.8 Å². The van der Waals surface area contributed by atoms with Gasteiger partial charge in [0.1, 0.15) is 0 Å². The van der Waals surface area contributed by atoms with E-state index < -0.39 is 36.7 Å². The van der Waals surface area contributed by atoms with Gasteiger partial charge in [0, 0.05) is 28.5 Å². The van der Waals surface area contributed by atoms with E-state index in [0.717, 1.165) is 33.6 Å². The second kappa shape index (κ2) is 10.9. The number of sulfonamides is 2. The van der Waals surface area contributed by atoms with Gasteiger partial charge in [-0.05, 0) is 47.5 Å². The average Bonchev–Trinajstić information content (AvgIpc) is 3.32. The van der Waals surface area contributed by atoms with E-state index in [-0.39, 0.29) is 13.1 Å². The summed E-state index contributed by atoms with van der Waals surface area (Å²) in [5, 5.41) is 0. The molecule has 0 fully saturated rings. The summed E-state index contributed by atoms with van der Waals surface area (Å²) >= 11 is 1.27. The van der Waals surface area contributed by atoms with Gasteiger partial charge in [0.2, 0.25) is 20.0 Å². The Bertz CT molecular complexity index is 1640. The Balaban J connectivity index is 1.70. The molecular weight excluding hydrogens is 557 g/mol. The third-order valence-electron chi connectivity index (χ3n) is 5.46. The summed E-state index contributed by atoms with van der Waals surface area (Å²) in [5.74, 6) is 0. The van der Waals surface area contributed by atoms with E-state index in [2.05, 4.69) is 4.72 Å². The molecule has 0 unspecified atom stereocenters. The maximum absolute atomic E-state index is 13.7. The van der Waals surface area contributed by atoms with Gasteiger partial charge in [-0.15, -0.1) is 11.3 Å². The zero-order valence-corrected chi connectivity index (χ0v) is 22.5. The Hall–Kier alpha value is -3.19. The van der Waals surface area contributed by atoms with Crippen molar-refractivity contribution >= 4 is 37.1 Å². The van der Waals surface area contributed by atoms with Crippen molar-refractivity contribution in [1.82, 2.24) is 4.31 Å². The van der Waals surface area contributed by atoms with Gasteiger partial charge >= 0.3 is 6.18 Å². The Kier molecular flexibility index (Phi) is 7.98. The van der Waals surface area contributed by atoms with E-state index in [4.69, 9.17) is 0 Å². The maximum Gasteiger partial charge on any atom is 0.417 e. The minimum Gasteiger partial charge on any atom is -0.284 e. The van der Waals surface area contributed by atoms with E-state index in [0.29, 0.717) is 21.7 Å². The highest BCUT2D eigenvalue weighted by Gasteiger charge is 2.39. The molecule has 0 saturated carbocycles. The van der Waals surface area contributed by atoms with E-state index in [1.165, 1.54) is 17.4 Å². The first-order valence-corrected chi connectivity index (χ1v) is 15.3. The molecule has 0 bridgehead atoms. The van der Waals surface area contributed by atoms with Crippen LogP contribution in [-0.4, -0.2) is 27.4 Å². The SMILES string of the molecule is CS(=O)(=O)Nc1cccc(-c2ccc(CN(Cc3ccccc3)S(=O)(=O)c3ccccc3C(F)(F)F)s2)c1. The van der Waals surface area contributed by atoms with Crippen molar-refractivity contribution in [3.05, 3.63) is 107 Å². The van der Waals surface area contributed by atoms with Gasteiger partial charge in [0.05, 0.1) is 16.7 Å². The summed E-state index contributed by atoms with van der Waals surface area (Å²) in [6, 6.07) is 23.0. The van der Waals surface area contributed by atoms with E-state index >= 15 is 0 Å². The van der Waals surface area contributed by atoms with Crippen molar-refractivity contribution < 1.29 is 30.0 Å². The van der Waals surface area contributed by atoms with Crippen molar-refractivity contribution in [3.8, 4) is 10.4 Å². The first-order valence-electron chi connectivity index (χ1n) is 11.2. The summed E-state index contributed by atoms with van der Waals surface area (Å²) in [6.45, 7) is -0.286. The van der Waals surface area contributed by atoms with Gasteiger partial charge in [0.15, 0.2) is 0 Å². The Morgan fingerprint density at radius 1 is 0.816 bits per heavy atom. The molecule has 200 valence electrons. The first kappa shape index (κ1) is 27.8. The van der Waals surface area contributed by atoms with Crippen molar-refractivity contribution in [3.63, 3.8) is 0 Å². The lowest BCUT2D eigenvalue weighted by Gasteiger charge is -2.24. The normalized spacial score (nSPS) is 12.6. The highest BCUT2D eigenvalue weighted by Crippen LogP contribution is 2.37. The number of rotatable bonds is 9. The van der Waals surface area contributed by atoms with Crippen molar-refractivity contribution in [1.29, 1.82) is 0 Å². The van der Waals surface area contributed by atoms with Gasteiger partial charge in [-0.1, -0.05) is 54.6 Å². The standard InChI is InChI=1S/C26H23F3N2O4S3/c1-37(32,33)30-21-11-7-10-20(16-21)24-15-14-22(36-24)18-31(17-19-8-3-2-4-9-19)38(34,35)25-13-6-5-12-23(25)26(27,28)29/h2-16,30H,17-18H2,1H3. The summed E-state index contributed by atoms with van der Waals surface area (Å²) < 4.78 is 95.0. The van der Waals surface area contributed by atoms with E-state index in [1.807, 2.05) is 0 Å². The van der Waals surface area contributed by atoms with Gasteiger partial charge < -0.3 is 0 Å². The molecule has 0 atom stereocenters. The number of benzene rings is 3. The highest BCUT2D eigenvalue weighted by molar-refractivity contribution is 7.92. The number of hydrogen-bond donors (Lipinski definition) is 1. The summed E-state index contributed by atoms with van der Waals surface area (Å²) in [5.41, 5.74) is 0.476. The lowest BCUT2D eigenvalue weighted by atomic mass is 10.2. The lowest BCUT2D eigenvalue weighted by molar-refractivity contribution is -0.139. The number of alkyl halides is 3. The monoisotopic (exact) mass is 580 g/mol. The summed E-state index contributed by atoms with van der Waals surface area (Å²) in [4.78, 5) is 0.537.